The van der Waals surface area contributed by atoms with Crippen LogP contribution in [0.4, 0.5) is 5.69 Å². The molecule has 2 amide bonds. The smallest absolute Gasteiger partial charge is 0.255 e. The molecule has 1 aromatic carbocycles. The summed E-state index contributed by atoms with van der Waals surface area (Å²) in [5.41, 5.74) is 11.4. The fourth-order valence-corrected chi connectivity index (χ4v) is 2.49. The zero-order valence-corrected chi connectivity index (χ0v) is 11.9. The molecule has 1 saturated carbocycles. The Bertz CT molecular complexity index is 521. The van der Waals surface area contributed by atoms with E-state index in [2.05, 4.69) is 5.32 Å². The minimum absolute atomic E-state index is 0.0236. The number of carbonyl (C=O) groups excluding carboxylic acids is 2. The van der Waals surface area contributed by atoms with Crippen LogP contribution in [-0.4, -0.2) is 25.0 Å². The van der Waals surface area contributed by atoms with Crippen molar-refractivity contribution in [2.45, 2.75) is 25.7 Å². The molecule has 2 rings (SSSR count). The molecule has 1 aliphatic carbocycles. The molecule has 6 heteroatoms. The van der Waals surface area contributed by atoms with Gasteiger partial charge in [0.05, 0.1) is 0 Å². The lowest BCUT2D eigenvalue weighted by molar-refractivity contribution is -0.120. The second-order valence-corrected chi connectivity index (χ2v) is 5.57. The van der Waals surface area contributed by atoms with Gasteiger partial charge in [0.2, 0.25) is 5.91 Å². The number of anilines is 1. The van der Waals surface area contributed by atoms with Crippen molar-refractivity contribution in [2.75, 3.05) is 18.5 Å². The first kappa shape index (κ1) is 15.3. The van der Waals surface area contributed by atoms with Crippen LogP contribution in [0.25, 0.3) is 0 Å². The van der Waals surface area contributed by atoms with Gasteiger partial charge in [-0.1, -0.05) is 12.5 Å². The summed E-state index contributed by atoms with van der Waals surface area (Å²) in [6, 6.07) is 6.88. The molecule has 0 bridgehead atoms. The maximum atomic E-state index is 12.1. The number of benzene rings is 1. The molecule has 0 aromatic heterocycles. The summed E-state index contributed by atoms with van der Waals surface area (Å²) < 4.78 is 5.20. The minimum atomic E-state index is -0.542. The maximum Gasteiger partial charge on any atom is 0.255 e. The van der Waals surface area contributed by atoms with E-state index in [4.69, 9.17) is 16.2 Å². The highest BCUT2D eigenvalue weighted by Gasteiger charge is 2.37. The second-order valence-electron chi connectivity index (χ2n) is 5.57. The molecule has 0 spiro atoms. The molecule has 1 aliphatic rings. The zero-order chi connectivity index (χ0) is 15.3. The Morgan fingerprint density at radius 3 is 2.67 bits per heavy atom. The molecule has 5 N–H and O–H groups in total. The van der Waals surface area contributed by atoms with Crippen molar-refractivity contribution in [3.8, 4) is 5.75 Å². The van der Waals surface area contributed by atoms with Crippen LogP contribution in [0.15, 0.2) is 24.3 Å². The van der Waals surface area contributed by atoms with Gasteiger partial charge in [0.25, 0.3) is 5.91 Å². The number of hydrogen-bond acceptors (Lipinski definition) is 4. The molecule has 114 valence electrons. The van der Waals surface area contributed by atoms with Crippen LogP contribution in [0.2, 0.25) is 0 Å². The van der Waals surface area contributed by atoms with Crippen LogP contribution in [0, 0.1) is 5.41 Å². The van der Waals surface area contributed by atoms with Gasteiger partial charge in [-0.15, -0.1) is 0 Å². The molecule has 0 atom stereocenters. The molecule has 0 radical (unpaired) electrons. The highest BCUT2D eigenvalue weighted by Crippen LogP contribution is 2.43. The van der Waals surface area contributed by atoms with Gasteiger partial charge in [-0.05, 0) is 36.9 Å². The number of nitrogens with two attached hydrogens (primary N) is 2. The molecule has 0 aliphatic heterocycles. The van der Waals surface area contributed by atoms with Crippen molar-refractivity contribution in [2.24, 2.45) is 16.9 Å². The SMILES string of the molecule is NCC1(CC(=O)Nc2cccc(OCC(N)=O)c2)CCC1. The predicted octanol–water partition coefficient (Wildman–Crippen LogP) is 1.01. The molecule has 0 heterocycles. The fraction of sp³-hybridized carbons (Fsp3) is 0.467. The first-order valence-corrected chi connectivity index (χ1v) is 7.04. The number of rotatable bonds is 7. The normalized spacial score (nSPS) is 15.9. The van der Waals surface area contributed by atoms with E-state index >= 15 is 0 Å². The molecule has 21 heavy (non-hydrogen) atoms. The van der Waals surface area contributed by atoms with Gasteiger partial charge in [-0.25, -0.2) is 0 Å². The van der Waals surface area contributed by atoms with Gasteiger partial charge in [0.15, 0.2) is 6.61 Å². The van der Waals surface area contributed by atoms with E-state index in [0.717, 1.165) is 19.3 Å². The Kier molecular flexibility index (Phi) is 4.80. The first-order chi connectivity index (χ1) is 10.0. The van der Waals surface area contributed by atoms with Crippen molar-refractivity contribution < 1.29 is 14.3 Å². The van der Waals surface area contributed by atoms with E-state index in [9.17, 15) is 9.59 Å². The summed E-state index contributed by atoms with van der Waals surface area (Å²) in [6.45, 7) is 0.357. The largest absolute Gasteiger partial charge is 0.484 e. The molecule has 6 nitrogen and oxygen atoms in total. The Balaban J connectivity index is 1.91. The van der Waals surface area contributed by atoms with Crippen LogP contribution in [0.3, 0.4) is 0 Å². The summed E-state index contributed by atoms with van der Waals surface area (Å²) >= 11 is 0. The van der Waals surface area contributed by atoms with Crippen LogP contribution in [0.1, 0.15) is 25.7 Å². The maximum absolute atomic E-state index is 12.1. The third-order valence-electron chi connectivity index (χ3n) is 3.88. The molecule has 0 unspecified atom stereocenters. The lowest BCUT2D eigenvalue weighted by atomic mass is 9.66. The summed E-state index contributed by atoms with van der Waals surface area (Å²) in [6.07, 6.45) is 3.61. The highest BCUT2D eigenvalue weighted by molar-refractivity contribution is 5.91. The van der Waals surface area contributed by atoms with E-state index in [0.29, 0.717) is 24.4 Å². The van der Waals surface area contributed by atoms with Crippen LogP contribution in [-0.2, 0) is 9.59 Å². The third-order valence-corrected chi connectivity index (χ3v) is 3.88. The van der Waals surface area contributed by atoms with Crippen molar-refractivity contribution in [1.82, 2.24) is 0 Å². The quantitative estimate of drug-likeness (QED) is 0.696. The highest BCUT2D eigenvalue weighted by atomic mass is 16.5. The Labute approximate surface area is 123 Å². The van der Waals surface area contributed by atoms with Crippen LogP contribution < -0.4 is 21.5 Å². The fourth-order valence-electron chi connectivity index (χ4n) is 2.49. The predicted molar refractivity (Wildman–Crippen MR) is 79.7 cm³/mol. The summed E-state index contributed by atoms with van der Waals surface area (Å²) in [7, 11) is 0. The minimum Gasteiger partial charge on any atom is -0.484 e. The summed E-state index contributed by atoms with van der Waals surface area (Å²) in [4.78, 5) is 22.8. The molecule has 0 saturated heterocycles. The van der Waals surface area contributed by atoms with Gasteiger partial charge < -0.3 is 21.5 Å². The monoisotopic (exact) mass is 291 g/mol. The van der Waals surface area contributed by atoms with E-state index in [1.165, 1.54) is 0 Å². The van der Waals surface area contributed by atoms with Gasteiger partial charge in [0.1, 0.15) is 5.75 Å². The average molecular weight is 291 g/mol. The van der Waals surface area contributed by atoms with Crippen molar-refractivity contribution in [1.29, 1.82) is 0 Å². The Morgan fingerprint density at radius 2 is 2.10 bits per heavy atom. The first-order valence-electron chi connectivity index (χ1n) is 7.04. The topological polar surface area (TPSA) is 107 Å². The third kappa shape index (κ3) is 4.19. The zero-order valence-electron chi connectivity index (χ0n) is 11.9. The molecular formula is C15H21N3O3. The Morgan fingerprint density at radius 1 is 1.33 bits per heavy atom. The number of hydrogen-bond donors (Lipinski definition) is 3. The van der Waals surface area contributed by atoms with Gasteiger partial charge >= 0.3 is 0 Å². The number of amides is 2. The lowest BCUT2D eigenvalue weighted by Crippen LogP contribution is -2.40. The number of primary amides is 1. The van der Waals surface area contributed by atoms with Gasteiger partial charge in [-0.2, -0.15) is 0 Å². The second kappa shape index (κ2) is 6.58. The Hall–Kier alpha value is -2.08. The van der Waals surface area contributed by atoms with Crippen LogP contribution in [0.5, 0.6) is 5.75 Å². The molecular weight excluding hydrogens is 270 g/mol. The van der Waals surface area contributed by atoms with E-state index in [-0.39, 0.29) is 17.9 Å². The van der Waals surface area contributed by atoms with E-state index < -0.39 is 5.91 Å². The van der Waals surface area contributed by atoms with Crippen molar-refractivity contribution in [3.63, 3.8) is 0 Å². The lowest BCUT2D eigenvalue weighted by Gasteiger charge is -2.40. The van der Waals surface area contributed by atoms with Crippen molar-refractivity contribution in [3.05, 3.63) is 24.3 Å². The van der Waals surface area contributed by atoms with Crippen molar-refractivity contribution >= 4 is 17.5 Å². The standard InChI is InChI=1S/C15H21N3O3/c16-10-15(5-2-6-15)8-14(20)18-11-3-1-4-12(7-11)21-9-13(17)19/h1,3-4,7H,2,5-6,8-10,16H2,(H2,17,19)(H,18,20). The average Bonchev–Trinajstić information content (AvgIpc) is 2.41. The van der Waals surface area contributed by atoms with Gasteiger partial charge in [0, 0.05) is 18.2 Å². The van der Waals surface area contributed by atoms with E-state index in [1.807, 2.05) is 0 Å². The number of carbonyl (C=O) groups is 2. The molecule has 1 fully saturated rings. The van der Waals surface area contributed by atoms with Gasteiger partial charge in [-0.3, -0.25) is 9.59 Å². The summed E-state index contributed by atoms with van der Waals surface area (Å²) in [5.74, 6) is -0.102. The van der Waals surface area contributed by atoms with Crippen LogP contribution >= 0.6 is 0 Å². The molecule has 1 aromatic rings. The number of nitrogens with one attached hydrogen (secondary N) is 1. The van der Waals surface area contributed by atoms with E-state index in [1.54, 1.807) is 24.3 Å². The number of ether oxygens (including phenoxy) is 1. The summed E-state index contributed by atoms with van der Waals surface area (Å²) in [5, 5.41) is 2.84.